The van der Waals surface area contributed by atoms with Crippen LogP contribution < -0.4 is 5.32 Å². The van der Waals surface area contributed by atoms with Crippen molar-refractivity contribution in [2.75, 3.05) is 19.8 Å². The summed E-state index contributed by atoms with van der Waals surface area (Å²) in [5.74, 6) is -1.36. The smallest absolute Gasteiger partial charge is 0.410 e. The lowest BCUT2D eigenvalue weighted by molar-refractivity contribution is -0.142. The molecule has 3 rings (SSSR count). The zero-order chi connectivity index (χ0) is 22.8. The maximum Gasteiger partial charge on any atom is 0.410 e. The van der Waals surface area contributed by atoms with Crippen LogP contribution in [0.5, 0.6) is 0 Å². The molecular formula is C24H28N2O6. The molecule has 1 aliphatic rings. The highest BCUT2D eigenvalue weighted by atomic mass is 16.6. The van der Waals surface area contributed by atoms with Crippen molar-refractivity contribution in [2.24, 2.45) is 0 Å². The molecule has 170 valence electrons. The van der Waals surface area contributed by atoms with Gasteiger partial charge in [0.2, 0.25) is 5.91 Å². The predicted molar refractivity (Wildman–Crippen MR) is 117 cm³/mol. The fourth-order valence-corrected chi connectivity index (χ4v) is 3.70. The quantitative estimate of drug-likeness (QED) is 0.588. The van der Waals surface area contributed by atoms with E-state index >= 15 is 0 Å². The molecule has 8 nitrogen and oxygen atoms in total. The molecule has 0 aromatic heterocycles. The molecule has 1 fully saturated rings. The molecule has 0 aliphatic carbocycles. The SMILES string of the molecule is O=C(O)COCC(Cc1ccccc1)NC(=O)C1CCCN1C(=O)OCc1ccccc1. The Balaban J connectivity index is 1.58. The topological polar surface area (TPSA) is 105 Å². The average Bonchev–Trinajstić information content (AvgIpc) is 3.29. The number of carboxylic acids is 1. The Morgan fingerprint density at radius 1 is 1.03 bits per heavy atom. The van der Waals surface area contributed by atoms with Crippen LogP contribution >= 0.6 is 0 Å². The zero-order valence-electron chi connectivity index (χ0n) is 17.8. The summed E-state index contributed by atoms with van der Waals surface area (Å²) in [6.45, 7) is 0.204. The number of rotatable bonds is 10. The molecule has 1 heterocycles. The first-order valence-electron chi connectivity index (χ1n) is 10.6. The summed E-state index contributed by atoms with van der Waals surface area (Å²) in [4.78, 5) is 37.8. The minimum absolute atomic E-state index is 0.0537. The van der Waals surface area contributed by atoms with Crippen LogP contribution in [-0.2, 0) is 32.1 Å². The highest BCUT2D eigenvalue weighted by Gasteiger charge is 2.36. The van der Waals surface area contributed by atoms with Gasteiger partial charge >= 0.3 is 12.1 Å². The number of carbonyl (C=O) groups is 3. The second kappa shape index (κ2) is 11.9. The number of hydrogen-bond acceptors (Lipinski definition) is 5. The minimum atomic E-state index is -1.07. The Bertz CT molecular complexity index is 890. The monoisotopic (exact) mass is 440 g/mol. The molecule has 1 saturated heterocycles. The van der Waals surface area contributed by atoms with Gasteiger partial charge in [-0.1, -0.05) is 60.7 Å². The van der Waals surface area contributed by atoms with Crippen LogP contribution in [0.1, 0.15) is 24.0 Å². The summed E-state index contributed by atoms with van der Waals surface area (Å²) in [5, 5.41) is 11.8. The number of ether oxygens (including phenoxy) is 2. The van der Waals surface area contributed by atoms with Crippen molar-refractivity contribution in [2.45, 2.75) is 38.0 Å². The van der Waals surface area contributed by atoms with Gasteiger partial charge in [0.25, 0.3) is 0 Å². The van der Waals surface area contributed by atoms with E-state index in [9.17, 15) is 14.4 Å². The van der Waals surface area contributed by atoms with Gasteiger partial charge in [0, 0.05) is 6.54 Å². The molecule has 2 atom stereocenters. The van der Waals surface area contributed by atoms with E-state index in [4.69, 9.17) is 14.6 Å². The zero-order valence-corrected chi connectivity index (χ0v) is 17.8. The summed E-state index contributed by atoms with van der Waals surface area (Å²) in [6.07, 6.45) is 1.21. The van der Waals surface area contributed by atoms with E-state index in [0.29, 0.717) is 25.8 Å². The fraction of sp³-hybridized carbons (Fsp3) is 0.375. The van der Waals surface area contributed by atoms with Gasteiger partial charge in [-0.25, -0.2) is 9.59 Å². The molecule has 2 N–H and O–H groups in total. The first kappa shape index (κ1) is 23.3. The number of benzene rings is 2. The average molecular weight is 440 g/mol. The van der Waals surface area contributed by atoms with Crippen LogP contribution in [0.15, 0.2) is 60.7 Å². The van der Waals surface area contributed by atoms with Gasteiger partial charge in [0.05, 0.1) is 12.6 Å². The summed E-state index contributed by atoms with van der Waals surface area (Å²) in [6, 6.07) is 17.9. The van der Waals surface area contributed by atoms with Gasteiger partial charge < -0.3 is 19.9 Å². The van der Waals surface area contributed by atoms with E-state index in [2.05, 4.69) is 5.32 Å². The molecule has 0 spiro atoms. The van der Waals surface area contributed by atoms with E-state index in [1.165, 1.54) is 4.90 Å². The van der Waals surface area contributed by atoms with E-state index in [1.54, 1.807) is 0 Å². The molecule has 2 aromatic carbocycles. The van der Waals surface area contributed by atoms with Crippen molar-refractivity contribution in [1.29, 1.82) is 0 Å². The van der Waals surface area contributed by atoms with Crippen LogP contribution in [0.25, 0.3) is 0 Å². The van der Waals surface area contributed by atoms with E-state index < -0.39 is 30.8 Å². The number of nitrogens with one attached hydrogen (secondary N) is 1. The molecule has 2 aromatic rings. The first-order valence-corrected chi connectivity index (χ1v) is 10.6. The lowest BCUT2D eigenvalue weighted by Crippen LogP contribution is -2.50. The Morgan fingerprint density at radius 2 is 1.69 bits per heavy atom. The third-order valence-electron chi connectivity index (χ3n) is 5.21. The molecule has 8 heteroatoms. The van der Waals surface area contributed by atoms with Crippen LogP contribution in [0.2, 0.25) is 0 Å². The van der Waals surface area contributed by atoms with Crippen molar-refractivity contribution in [3.63, 3.8) is 0 Å². The molecule has 1 aliphatic heterocycles. The van der Waals surface area contributed by atoms with Crippen molar-refractivity contribution in [3.05, 3.63) is 71.8 Å². The van der Waals surface area contributed by atoms with Crippen LogP contribution in [0.3, 0.4) is 0 Å². The third-order valence-corrected chi connectivity index (χ3v) is 5.21. The summed E-state index contributed by atoms with van der Waals surface area (Å²) >= 11 is 0. The van der Waals surface area contributed by atoms with Gasteiger partial charge in [-0.3, -0.25) is 9.69 Å². The van der Waals surface area contributed by atoms with Crippen molar-refractivity contribution >= 4 is 18.0 Å². The number of nitrogens with zero attached hydrogens (tertiary/aromatic N) is 1. The lowest BCUT2D eigenvalue weighted by Gasteiger charge is -2.26. The summed E-state index contributed by atoms with van der Waals surface area (Å²) in [7, 11) is 0. The highest BCUT2D eigenvalue weighted by Crippen LogP contribution is 2.19. The Hall–Kier alpha value is -3.39. The Labute approximate surface area is 187 Å². The molecule has 0 radical (unpaired) electrons. The van der Waals surface area contributed by atoms with Gasteiger partial charge in [0.1, 0.15) is 19.3 Å². The fourth-order valence-electron chi connectivity index (χ4n) is 3.70. The van der Waals surface area contributed by atoms with Gasteiger partial charge in [0.15, 0.2) is 0 Å². The number of carboxylic acid groups (broad SMARTS) is 1. The van der Waals surface area contributed by atoms with Gasteiger partial charge in [-0.05, 0) is 30.4 Å². The number of hydrogen-bond donors (Lipinski definition) is 2. The second-order valence-electron chi connectivity index (χ2n) is 7.70. The number of aliphatic carboxylic acids is 1. The van der Waals surface area contributed by atoms with Crippen LogP contribution in [0, 0.1) is 0 Å². The highest BCUT2D eigenvalue weighted by molar-refractivity contribution is 5.86. The maximum absolute atomic E-state index is 13.0. The number of amides is 2. The third kappa shape index (κ3) is 7.09. The molecule has 0 saturated carbocycles. The van der Waals surface area contributed by atoms with Crippen molar-refractivity contribution in [1.82, 2.24) is 10.2 Å². The number of carbonyl (C=O) groups excluding carboxylic acids is 2. The van der Waals surface area contributed by atoms with E-state index in [0.717, 1.165) is 11.1 Å². The lowest BCUT2D eigenvalue weighted by atomic mass is 10.1. The molecule has 2 amide bonds. The standard InChI is InChI=1S/C24H28N2O6/c27-22(28)17-31-16-20(14-18-8-3-1-4-9-18)25-23(29)21-12-7-13-26(21)24(30)32-15-19-10-5-2-6-11-19/h1-6,8-11,20-21H,7,12-17H2,(H,25,29)(H,27,28). The predicted octanol–water partition coefficient (Wildman–Crippen LogP) is 2.62. The van der Waals surface area contributed by atoms with Crippen LogP contribution in [0.4, 0.5) is 4.79 Å². The van der Waals surface area contributed by atoms with E-state index in [-0.39, 0.29) is 19.1 Å². The number of likely N-dealkylation sites (tertiary alicyclic amines) is 1. The van der Waals surface area contributed by atoms with E-state index in [1.807, 2.05) is 60.7 Å². The van der Waals surface area contributed by atoms with Gasteiger partial charge in [-0.2, -0.15) is 0 Å². The molecule has 2 unspecified atom stereocenters. The summed E-state index contributed by atoms with van der Waals surface area (Å²) in [5.41, 5.74) is 1.86. The molecule has 32 heavy (non-hydrogen) atoms. The molecular weight excluding hydrogens is 412 g/mol. The normalized spacial score (nSPS) is 16.4. The maximum atomic E-state index is 13.0. The first-order chi connectivity index (χ1) is 15.5. The van der Waals surface area contributed by atoms with Crippen molar-refractivity contribution < 1.29 is 29.0 Å². The Morgan fingerprint density at radius 3 is 2.34 bits per heavy atom. The largest absolute Gasteiger partial charge is 0.480 e. The summed E-state index contributed by atoms with van der Waals surface area (Å²) < 4.78 is 10.6. The minimum Gasteiger partial charge on any atom is -0.480 e. The van der Waals surface area contributed by atoms with Gasteiger partial charge in [-0.15, -0.1) is 0 Å². The molecule has 0 bridgehead atoms. The second-order valence-corrected chi connectivity index (χ2v) is 7.70. The Kier molecular flexibility index (Phi) is 8.62. The van der Waals surface area contributed by atoms with Crippen LogP contribution in [-0.4, -0.2) is 59.8 Å². The van der Waals surface area contributed by atoms with Crippen molar-refractivity contribution in [3.8, 4) is 0 Å².